The summed E-state index contributed by atoms with van der Waals surface area (Å²) in [7, 11) is 0. The fraction of sp³-hybridized carbons (Fsp3) is 0.355. The molecule has 8 heteroatoms. The number of aliphatic carboxylic acids is 1. The lowest BCUT2D eigenvalue weighted by Crippen LogP contribution is -2.38. The number of benzene rings is 3. The molecule has 0 heterocycles. The van der Waals surface area contributed by atoms with Crippen LogP contribution >= 0.6 is 0 Å². The summed E-state index contributed by atoms with van der Waals surface area (Å²) in [5.74, 6) is 0.507. The highest BCUT2D eigenvalue weighted by Crippen LogP contribution is 2.16. The monoisotopic (exact) mass is 534 g/mol. The van der Waals surface area contributed by atoms with Gasteiger partial charge < -0.3 is 29.5 Å². The summed E-state index contributed by atoms with van der Waals surface area (Å²) in [5, 5.41) is 12.3. The van der Waals surface area contributed by atoms with Crippen molar-refractivity contribution in [1.29, 1.82) is 0 Å². The Kier molecular flexibility index (Phi) is 12.1. The van der Waals surface area contributed by atoms with E-state index in [1.807, 2.05) is 73.7 Å². The lowest BCUT2D eigenvalue weighted by atomic mass is 10.1. The predicted molar refractivity (Wildman–Crippen MR) is 152 cm³/mol. The molecule has 0 aliphatic carbocycles. The van der Waals surface area contributed by atoms with Crippen molar-refractivity contribution in [3.05, 3.63) is 90.0 Å². The minimum Gasteiger partial charge on any atom is -0.494 e. The second-order valence-corrected chi connectivity index (χ2v) is 9.08. The van der Waals surface area contributed by atoms with Crippen LogP contribution in [0.25, 0.3) is 0 Å². The van der Waals surface area contributed by atoms with Gasteiger partial charge in [0.1, 0.15) is 18.1 Å². The van der Waals surface area contributed by atoms with Gasteiger partial charge in [-0.25, -0.2) is 9.59 Å². The van der Waals surface area contributed by atoms with Crippen LogP contribution in [-0.2, 0) is 16.0 Å². The first-order chi connectivity index (χ1) is 19.0. The van der Waals surface area contributed by atoms with Crippen molar-refractivity contribution in [1.82, 2.24) is 4.90 Å². The van der Waals surface area contributed by atoms with Crippen LogP contribution in [0.3, 0.4) is 0 Å². The number of urea groups is 1. The van der Waals surface area contributed by atoms with Gasteiger partial charge in [-0.05, 0) is 68.1 Å². The molecule has 2 amide bonds. The highest BCUT2D eigenvalue weighted by Gasteiger charge is 2.18. The highest BCUT2D eigenvalue weighted by molar-refractivity contribution is 5.90. The number of nitrogens with one attached hydrogen (secondary N) is 1. The number of carbonyl (C=O) groups excluding carboxylic acids is 1. The zero-order valence-corrected chi connectivity index (χ0v) is 22.7. The van der Waals surface area contributed by atoms with Gasteiger partial charge >= 0.3 is 12.0 Å². The third kappa shape index (κ3) is 10.3. The Hall–Kier alpha value is -4.04. The number of amides is 2. The number of carboxylic acid groups (broad SMARTS) is 1. The Morgan fingerprint density at radius 2 is 1.51 bits per heavy atom. The molecule has 3 aromatic carbocycles. The summed E-state index contributed by atoms with van der Waals surface area (Å²) in [4.78, 5) is 26.2. The number of aryl methyl sites for hydroxylation is 1. The second-order valence-electron chi connectivity index (χ2n) is 9.08. The molecule has 8 nitrogen and oxygen atoms in total. The normalized spacial score (nSPS) is 11.4. The van der Waals surface area contributed by atoms with Crippen LogP contribution in [0.4, 0.5) is 10.5 Å². The van der Waals surface area contributed by atoms with Gasteiger partial charge in [-0.1, -0.05) is 48.5 Å². The number of hydrogen-bond donors (Lipinski definition) is 2. The van der Waals surface area contributed by atoms with Crippen molar-refractivity contribution < 1.29 is 28.9 Å². The summed E-state index contributed by atoms with van der Waals surface area (Å²) in [5.41, 5.74) is 2.62. The summed E-state index contributed by atoms with van der Waals surface area (Å²) < 4.78 is 17.0. The van der Waals surface area contributed by atoms with Gasteiger partial charge in [0, 0.05) is 25.3 Å². The molecule has 0 aliphatic rings. The Balaban J connectivity index is 1.51. The highest BCUT2D eigenvalue weighted by atomic mass is 16.5. The lowest BCUT2D eigenvalue weighted by molar-refractivity contribution is -0.149. The van der Waals surface area contributed by atoms with Crippen molar-refractivity contribution in [3.8, 4) is 11.5 Å². The van der Waals surface area contributed by atoms with E-state index in [9.17, 15) is 14.7 Å². The molecule has 0 fully saturated rings. The third-order valence-electron chi connectivity index (χ3n) is 6.13. The number of unbranched alkanes of at least 4 members (excludes halogenated alkanes) is 1. The molecule has 0 spiro atoms. The molecule has 3 rings (SSSR count). The van der Waals surface area contributed by atoms with Crippen LogP contribution in [0.2, 0.25) is 0 Å². The average molecular weight is 535 g/mol. The first-order valence-corrected chi connectivity index (χ1v) is 13.3. The van der Waals surface area contributed by atoms with E-state index in [2.05, 4.69) is 5.32 Å². The molecule has 0 aliphatic heterocycles. The van der Waals surface area contributed by atoms with Gasteiger partial charge in [-0.15, -0.1) is 0 Å². The number of carboxylic acids is 1. The SMILES string of the molecule is CCOC(Cc1ccc(OCCN(CCCCOc2ccccc2)C(=O)Nc2ccccc2C)cc1)C(=O)O. The van der Waals surface area contributed by atoms with Gasteiger partial charge in [0.25, 0.3) is 0 Å². The fourth-order valence-corrected chi connectivity index (χ4v) is 3.96. The molecule has 1 atom stereocenters. The van der Waals surface area contributed by atoms with Gasteiger partial charge in [-0.2, -0.15) is 0 Å². The third-order valence-corrected chi connectivity index (χ3v) is 6.13. The van der Waals surface area contributed by atoms with Crippen molar-refractivity contribution in [3.63, 3.8) is 0 Å². The van der Waals surface area contributed by atoms with Crippen molar-refractivity contribution in [2.24, 2.45) is 0 Å². The maximum absolute atomic E-state index is 13.1. The zero-order valence-electron chi connectivity index (χ0n) is 22.7. The molecule has 1 unspecified atom stereocenters. The largest absolute Gasteiger partial charge is 0.494 e. The Morgan fingerprint density at radius 1 is 0.846 bits per heavy atom. The van der Waals surface area contributed by atoms with E-state index in [0.717, 1.165) is 35.4 Å². The van der Waals surface area contributed by atoms with Crippen molar-refractivity contribution in [2.45, 2.75) is 39.2 Å². The van der Waals surface area contributed by atoms with Crippen molar-refractivity contribution >= 4 is 17.7 Å². The molecule has 0 radical (unpaired) electrons. The standard InChI is InChI=1S/C31H38N2O6/c1-3-37-29(30(34)35)23-25-15-17-27(18-16-25)39-22-20-33(31(36)32-28-14-8-7-11-24(28)2)19-9-10-21-38-26-12-5-4-6-13-26/h4-8,11-18,29H,3,9-10,19-23H2,1-2H3,(H,32,36)(H,34,35). The Labute approximate surface area is 230 Å². The number of anilines is 1. The molecule has 208 valence electrons. The van der Waals surface area contributed by atoms with Crippen LogP contribution < -0.4 is 14.8 Å². The van der Waals surface area contributed by atoms with Gasteiger partial charge in [0.15, 0.2) is 6.10 Å². The maximum atomic E-state index is 13.1. The van der Waals surface area contributed by atoms with E-state index in [1.165, 1.54) is 0 Å². The molecular weight excluding hydrogens is 496 g/mol. The maximum Gasteiger partial charge on any atom is 0.333 e. The van der Waals surface area contributed by atoms with Gasteiger partial charge in [0.2, 0.25) is 0 Å². The minimum atomic E-state index is -0.979. The summed E-state index contributed by atoms with van der Waals surface area (Å²) in [6.07, 6.45) is 1.00. The number of nitrogens with zero attached hydrogens (tertiary/aromatic N) is 1. The number of hydrogen-bond acceptors (Lipinski definition) is 5. The molecule has 39 heavy (non-hydrogen) atoms. The van der Waals surface area contributed by atoms with E-state index in [4.69, 9.17) is 14.2 Å². The molecular formula is C31H38N2O6. The lowest BCUT2D eigenvalue weighted by Gasteiger charge is -2.24. The number of carbonyl (C=O) groups is 2. The zero-order chi connectivity index (χ0) is 27.9. The number of rotatable bonds is 16. The number of para-hydroxylation sites is 2. The first-order valence-electron chi connectivity index (χ1n) is 13.3. The molecule has 0 bridgehead atoms. The molecule has 0 saturated heterocycles. The summed E-state index contributed by atoms with van der Waals surface area (Å²) >= 11 is 0. The molecule has 0 aromatic heterocycles. The van der Waals surface area contributed by atoms with E-state index >= 15 is 0 Å². The van der Waals surface area contributed by atoms with Crippen LogP contribution in [0.5, 0.6) is 11.5 Å². The Morgan fingerprint density at radius 3 is 2.21 bits per heavy atom. The van der Waals surface area contributed by atoms with Crippen LogP contribution in [0.15, 0.2) is 78.9 Å². The van der Waals surface area contributed by atoms with Gasteiger partial charge in [-0.3, -0.25) is 0 Å². The fourth-order valence-electron chi connectivity index (χ4n) is 3.96. The van der Waals surface area contributed by atoms with E-state index < -0.39 is 12.1 Å². The predicted octanol–water partition coefficient (Wildman–Crippen LogP) is 5.80. The quantitative estimate of drug-likeness (QED) is 0.226. The molecule has 0 saturated carbocycles. The molecule has 3 aromatic rings. The Bertz CT molecular complexity index is 1150. The van der Waals surface area contributed by atoms with Crippen molar-refractivity contribution in [2.75, 3.05) is 38.2 Å². The topological polar surface area (TPSA) is 97.3 Å². The van der Waals surface area contributed by atoms with E-state index in [0.29, 0.717) is 38.7 Å². The van der Waals surface area contributed by atoms with Crippen LogP contribution in [0, 0.1) is 6.92 Å². The van der Waals surface area contributed by atoms with E-state index in [1.54, 1.807) is 24.0 Å². The number of ether oxygens (including phenoxy) is 3. The molecule has 2 N–H and O–H groups in total. The van der Waals surface area contributed by atoms with Crippen LogP contribution in [-0.4, -0.2) is 61.0 Å². The first kappa shape index (κ1) is 29.5. The summed E-state index contributed by atoms with van der Waals surface area (Å²) in [6.45, 7) is 5.93. The summed E-state index contributed by atoms with van der Waals surface area (Å²) in [6, 6.07) is 24.5. The smallest absolute Gasteiger partial charge is 0.333 e. The second kappa shape index (κ2) is 16.0. The average Bonchev–Trinajstić information content (AvgIpc) is 2.94. The van der Waals surface area contributed by atoms with Gasteiger partial charge in [0.05, 0.1) is 13.2 Å². The minimum absolute atomic E-state index is 0.178. The van der Waals surface area contributed by atoms with E-state index in [-0.39, 0.29) is 12.5 Å². The van der Waals surface area contributed by atoms with Crippen LogP contribution in [0.1, 0.15) is 30.9 Å².